The first-order valence-electron chi connectivity index (χ1n) is 8.41. The quantitative estimate of drug-likeness (QED) is 0.304. The van der Waals surface area contributed by atoms with E-state index in [1.165, 1.54) is 6.07 Å². The average molecular weight is 421 g/mol. The molecule has 0 amide bonds. The molecular weight excluding hydrogens is 408 g/mol. The summed E-state index contributed by atoms with van der Waals surface area (Å²) in [4.78, 5) is 12.2. The number of halogens is 1. The highest BCUT2D eigenvalue weighted by molar-refractivity contribution is 9.10. The maximum Gasteiger partial charge on any atom is 0.336 e. The molecule has 0 bridgehead atoms. The van der Waals surface area contributed by atoms with Crippen LogP contribution in [0.4, 0.5) is 0 Å². The van der Waals surface area contributed by atoms with Crippen molar-refractivity contribution in [2.24, 2.45) is 0 Å². The molecule has 0 aliphatic carbocycles. The van der Waals surface area contributed by atoms with E-state index in [1.807, 2.05) is 49.4 Å². The van der Waals surface area contributed by atoms with Gasteiger partial charge in [-0.15, -0.1) is 0 Å². The van der Waals surface area contributed by atoms with Gasteiger partial charge in [-0.3, -0.25) is 0 Å². The second kappa shape index (κ2) is 5.99. The number of furan rings is 2. The monoisotopic (exact) mass is 420 g/mol. The van der Waals surface area contributed by atoms with Gasteiger partial charge in [-0.25, -0.2) is 4.79 Å². The molecule has 0 fully saturated rings. The zero-order chi connectivity index (χ0) is 18.5. The first kappa shape index (κ1) is 16.1. The summed E-state index contributed by atoms with van der Waals surface area (Å²) in [6.45, 7) is 2.00. The second-order valence-electron chi connectivity index (χ2n) is 6.40. The van der Waals surface area contributed by atoms with Gasteiger partial charge in [0.25, 0.3) is 0 Å². The van der Waals surface area contributed by atoms with Crippen molar-refractivity contribution in [1.82, 2.24) is 0 Å². The largest absolute Gasteiger partial charge is 0.464 e. The lowest BCUT2D eigenvalue weighted by molar-refractivity contribution is 0.559. The molecule has 0 aliphatic heterocycles. The molecule has 0 radical (unpaired) electrons. The molecule has 3 aromatic heterocycles. The fourth-order valence-corrected chi connectivity index (χ4v) is 3.75. The maximum absolute atomic E-state index is 12.2. The summed E-state index contributed by atoms with van der Waals surface area (Å²) < 4.78 is 18.2. The zero-order valence-electron chi connectivity index (χ0n) is 14.3. The summed E-state index contributed by atoms with van der Waals surface area (Å²) in [5, 5.41) is 1.73. The topological polar surface area (TPSA) is 56.5 Å². The number of benzene rings is 2. The van der Waals surface area contributed by atoms with Crippen molar-refractivity contribution in [2.45, 2.75) is 6.92 Å². The van der Waals surface area contributed by atoms with Crippen LogP contribution in [-0.2, 0) is 0 Å². The summed E-state index contributed by atoms with van der Waals surface area (Å²) in [7, 11) is 0. The Hall–Kier alpha value is -3.05. The predicted octanol–water partition coefficient (Wildman–Crippen LogP) is 6.54. The van der Waals surface area contributed by atoms with Gasteiger partial charge in [0.15, 0.2) is 0 Å². The van der Waals surface area contributed by atoms with E-state index in [2.05, 4.69) is 15.9 Å². The van der Waals surface area contributed by atoms with Crippen LogP contribution in [0.5, 0.6) is 0 Å². The second-order valence-corrected chi connectivity index (χ2v) is 7.32. The minimum atomic E-state index is -0.423. The smallest absolute Gasteiger partial charge is 0.336 e. The normalized spacial score (nSPS) is 11.5. The molecule has 5 heteroatoms. The molecule has 0 unspecified atom stereocenters. The summed E-state index contributed by atoms with van der Waals surface area (Å²) in [6.07, 6.45) is 1.62. The van der Waals surface area contributed by atoms with Crippen molar-refractivity contribution >= 4 is 37.9 Å². The lowest BCUT2D eigenvalue weighted by atomic mass is 10.0. The van der Waals surface area contributed by atoms with E-state index in [1.54, 1.807) is 12.3 Å². The highest BCUT2D eigenvalue weighted by atomic mass is 79.9. The maximum atomic E-state index is 12.2. The van der Waals surface area contributed by atoms with Crippen LogP contribution in [0.2, 0.25) is 0 Å². The lowest BCUT2D eigenvalue weighted by Gasteiger charge is -2.06. The first-order chi connectivity index (χ1) is 13.1. The van der Waals surface area contributed by atoms with Crippen molar-refractivity contribution < 1.29 is 13.3 Å². The molecule has 27 heavy (non-hydrogen) atoms. The van der Waals surface area contributed by atoms with Crippen LogP contribution in [0, 0.1) is 6.92 Å². The molecular formula is C22H13BrO4. The molecule has 5 rings (SSSR count). The van der Waals surface area contributed by atoms with Crippen LogP contribution in [0.1, 0.15) is 5.56 Å². The molecule has 5 aromatic rings. The molecule has 2 aromatic carbocycles. The third-order valence-corrected chi connectivity index (χ3v) is 5.05. The Morgan fingerprint density at radius 1 is 0.889 bits per heavy atom. The SMILES string of the molecule is Cc1ccc2oc(=O)cc(-c3oc4ccc(Br)cc4c3-c3ccco3)c2c1. The highest BCUT2D eigenvalue weighted by Crippen LogP contribution is 2.43. The summed E-state index contributed by atoms with van der Waals surface area (Å²) in [5.74, 6) is 1.26. The van der Waals surface area contributed by atoms with Crippen LogP contribution >= 0.6 is 15.9 Å². The molecule has 0 aliphatic rings. The number of rotatable bonds is 2. The van der Waals surface area contributed by atoms with Gasteiger partial charge in [0.2, 0.25) is 0 Å². The van der Waals surface area contributed by atoms with Crippen molar-refractivity contribution in [3.63, 3.8) is 0 Å². The Balaban J connectivity index is 1.95. The minimum Gasteiger partial charge on any atom is -0.464 e. The Labute approximate surface area is 162 Å². The van der Waals surface area contributed by atoms with E-state index >= 15 is 0 Å². The molecule has 4 nitrogen and oxygen atoms in total. The number of fused-ring (bicyclic) bond motifs is 2. The van der Waals surface area contributed by atoms with Gasteiger partial charge < -0.3 is 13.3 Å². The van der Waals surface area contributed by atoms with Gasteiger partial charge in [-0.05, 0) is 49.4 Å². The van der Waals surface area contributed by atoms with E-state index in [9.17, 15) is 4.79 Å². The van der Waals surface area contributed by atoms with Crippen molar-refractivity contribution in [2.75, 3.05) is 0 Å². The summed E-state index contributed by atoms with van der Waals surface area (Å²) in [5.41, 5.74) is 3.38. The van der Waals surface area contributed by atoms with Gasteiger partial charge in [0.05, 0.1) is 11.8 Å². The fraction of sp³-hybridized carbons (Fsp3) is 0.0455. The van der Waals surface area contributed by atoms with E-state index in [4.69, 9.17) is 13.3 Å². The van der Waals surface area contributed by atoms with Crippen molar-refractivity contribution in [1.29, 1.82) is 0 Å². The van der Waals surface area contributed by atoms with Crippen LogP contribution in [0.25, 0.3) is 44.6 Å². The van der Waals surface area contributed by atoms with Crippen molar-refractivity contribution in [3.05, 3.63) is 81.3 Å². The Morgan fingerprint density at radius 3 is 2.52 bits per heavy atom. The Bertz CT molecular complexity index is 1360. The Morgan fingerprint density at radius 2 is 1.70 bits per heavy atom. The van der Waals surface area contributed by atoms with Crippen LogP contribution in [0.3, 0.4) is 0 Å². The molecule has 0 atom stereocenters. The zero-order valence-corrected chi connectivity index (χ0v) is 15.9. The number of hydrogen-bond donors (Lipinski definition) is 0. The van der Waals surface area contributed by atoms with Gasteiger partial charge in [-0.2, -0.15) is 0 Å². The standard InChI is InChI=1S/C22H13BrO4/c1-12-4-6-17-14(9-12)15(11-20(24)26-17)22-21(19-3-2-8-25-19)16-10-13(23)5-7-18(16)27-22/h2-11H,1H3. The molecule has 132 valence electrons. The summed E-state index contributed by atoms with van der Waals surface area (Å²) in [6, 6.07) is 16.7. The molecule has 0 saturated carbocycles. The van der Waals surface area contributed by atoms with E-state index in [0.29, 0.717) is 28.2 Å². The van der Waals surface area contributed by atoms with E-state index in [0.717, 1.165) is 26.4 Å². The number of aryl methyl sites for hydroxylation is 1. The first-order valence-corrected chi connectivity index (χ1v) is 9.20. The van der Waals surface area contributed by atoms with Gasteiger partial charge in [-0.1, -0.05) is 27.6 Å². The Kier molecular flexibility index (Phi) is 3.58. The molecule has 0 N–H and O–H groups in total. The van der Waals surface area contributed by atoms with Crippen LogP contribution in [0.15, 0.2) is 83.4 Å². The molecule has 0 saturated heterocycles. The van der Waals surface area contributed by atoms with Crippen LogP contribution in [-0.4, -0.2) is 0 Å². The fourth-order valence-electron chi connectivity index (χ4n) is 3.39. The van der Waals surface area contributed by atoms with Crippen LogP contribution < -0.4 is 5.63 Å². The molecule has 0 spiro atoms. The minimum absolute atomic E-state index is 0.423. The van der Waals surface area contributed by atoms with E-state index in [-0.39, 0.29) is 0 Å². The van der Waals surface area contributed by atoms with Gasteiger partial charge in [0, 0.05) is 26.9 Å². The van der Waals surface area contributed by atoms with Gasteiger partial charge >= 0.3 is 5.63 Å². The predicted molar refractivity (Wildman–Crippen MR) is 108 cm³/mol. The van der Waals surface area contributed by atoms with Crippen molar-refractivity contribution in [3.8, 4) is 22.6 Å². The molecule has 3 heterocycles. The third kappa shape index (κ3) is 2.62. The average Bonchev–Trinajstić information content (AvgIpc) is 3.28. The van der Waals surface area contributed by atoms with E-state index < -0.39 is 5.63 Å². The van der Waals surface area contributed by atoms with Gasteiger partial charge in [0.1, 0.15) is 22.7 Å². The lowest BCUT2D eigenvalue weighted by Crippen LogP contribution is -1.98. The summed E-state index contributed by atoms with van der Waals surface area (Å²) >= 11 is 3.52. The highest BCUT2D eigenvalue weighted by Gasteiger charge is 2.22. The third-order valence-electron chi connectivity index (χ3n) is 4.56. The number of hydrogen-bond acceptors (Lipinski definition) is 4.